The lowest BCUT2D eigenvalue weighted by molar-refractivity contribution is 0.313. The Hall–Kier alpha value is -3.12. The molecule has 0 atom stereocenters. The number of anilines is 1. The van der Waals surface area contributed by atoms with Crippen LogP contribution in [-0.2, 0) is 13.0 Å². The molecule has 1 saturated heterocycles. The van der Waals surface area contributed by atoms with Crippen LogP contribution < -0.4 is 4.90 Å². The van der Waals surface area contributed by atoms with Gasteiger partial charge in [0.15, 0.2) is 0 Å². The Bertz CT molecular complexity index is 1160. The van der Waals surface area contributed by atoms with Gasteiger partial charge in [-0.1, -0.05) is 24.3 Å². The Morgan fingerprint density at radius 2 is 1.79 bits per heavy atom. The van der Waals surface area contributed by atoms with Gasteiger partial charge in [0.25, 0.3) is 0 Å². The third-order valence-electron chi connectivity index (χ3n) is 5.84. The van der Waals surface area contributed by atoms with E-state index in [0.29, 0.717) is 12.4 Å². The highest BCUT2D eigenvalue weighted by Crippen LogP contribution is 2.35. The predicted molar refractivity (Wildman–Crippen MR) is 117 cm³/mol. The quantitative estimate of drug-likeness (QED) is 0.582. The summed E-state index contributed by atoms with van der Waals surface area (Å²) in [5, 5.41) is 13.0. The van der Waals surface area contributed by atoms with Gasteiger partial charge in [-0.3, -0.25) is 9.97 Å². The summed E-state index contributed by atoms with van der Waals surface area (Å²) < 4.78 is 1.90. The van der Waals surface area contributed by atoms with E-state index in [1.165, 1.54) is 0 Å². The lowest BCUT2D eigenvalue weighted by Gasteiger charge is -2.34. The molecule has 0 unspecified atom stereocenters. The molecule has 1 fully saturated rings. The lowest BCUT2D eigenvalue weighted by atomic mass is 10.2. The van der Waals surface area contributed by atoms with Crippen LogP contribution in [0.3, 0.4) is 0 Å². The largest absolute Gasteiger partial charge is 0.494 e. The minimum absolute atomic E-state index is 0.294. The Balaban J connectivity index is 1.41. The van der Waals surface area contributed by atoms with Crippen molar-refractivity contribution in [3.05, 3.63) is 60.6 Å². The third-order valence-corrected chi connectivity index (χ3v) is 5.84. The molecule has 0 amide bonds. The number of benzene rings is 1. The van der Waals surface area contributed by atoms with E-state index in [4.69, 9.17) is 4.98 Å². The zero-order chi connectivity index (χ0) is 19.8. The molecular formula is C23H25N5O. The summed E-state index contributed by atoms with van der Waals surface area (Å²) >= 11 is 0. The van der Waals surface area contributed by atoms with Gasteiger partial charge in [-0.05, 0) is 25.2 Å². The average Bonchev–Trinajstić information content (AvgIpc) is 3.08. The number of pyridine rings is 2. The fraction of sp³-hybridized carbons (Fsp3) is 0.304. The molecule has 1 aromatic carbocycles. The summed E-state index contributed by atoms with van der Waals surface area (Å²) in [7, 11) is 2.15. The van der Waals surface area contributed by atoms with Crippen molar-refractivity contribution in [2.45, 2.75) is 13.0 Å². The fourth-order valence-corrected chi connectivity index (χ4v) is 4.11. The van der Waals surface area contributed by atoms with Crippen LogP contribution >= 0.6 is 0 Å². The first-order chi connectivity index (χ1) is 14.2. The minimum Gasteiger partial charge on any atom is -0.494 e. The lowest BCUT2D eigenvalue weighted by Crippen LogP contribution is -2.44. The van der Waals surface area contributed by atoms with Gasteiger partial charge in [-0.2, -0.15) is 0 Å². The molecule has 0 bridgehead atoms. The van der Waals surface area contributed by atoms with Crippen LogP contribution in [0.1, 0.15) is 5.69 Å². The fourth-order valence-electron chi connectivity index (χ4n) is 4.11. The summed E-state index contributed by atoms with van der Waals surface area (Å²) in [6.07, 6.45) is 4.54. The normalized spacial score (nSPS) is 15.4. The Morgan fingerprint density at radius 3 is 2.66 bits per heavy atom. The summed E-state index contributed by atoms with van der Waals surface area (Å²) in [4.78, 5) is 13.9. The molecule has 29 heavy (non-hydrogen) atoms. The molecule has 4 aromatic rings. The van der Waals surface area contributed by atoms with E-state index >= 15 is 0 Å². The molecule has 1 N–H and O–H groups in total. The molecule has 0 saturated carbocycles. The molecule has 3 aromatic heterocycles. The van der Waals surface area contributed by atoms with Gasteiger partial charge in [0.2, 0.25) is 5.88 Å². The number of likely N-dealkylation sites (N-methyl/N-ethyl adjacent to an activating group) is 1. The van der Waals surface area contributed by atoms with Crippen LogP contribution in [-0.4, -0.2) is 57.8 Å². The van der Waals surface area contributed by atoms with Gasteiger partial charge < -0.3 is 19.5 Å². The second kappa shape index (κ2) is 7.37. The number of aromatic nitrogens is 3. The van der Waals surface area contributed by atoms with E-state index in [2.05, 4.69) is 40.0 Å². The van der Waals surface area contributed by atoms with Crippen LogP contribution in [0.15, 0.2) is 54.9 Å². The molecule has 0 radical (unpaired) electrons. The standard InChI is InChI=1S/C23H25N5O/c1-26-12-14-27(15-13-26)21-8-10-24-20-16-28(23(29)22(20)21)11-9-18-7-6-17-4-2-3-5-19(17)25-18/h2-8,10,16,29H,9,11-15H2,1H3. The van der Waals surface area contributed by atoms with Crippen molar-refractivity contribution in [2.75, 3.05) is 38.1 Å². The zero-order valence-electron chi connectivity index (χ0n) is 16.6. The number of rotatable bonds is 4. The van der Waals surface area contributed by atoms with E-state index in [9.17, 15) is 5.11 Å². The maximum absolute atomic E-state index is 11.0. The Kier molecular flexibility index (Phi) is 4.56. The van der Waals surface area contributed by atoms with Crippen LogP contribution in [0.2, 0.25) is 0 Å². The third kappa shape index (κ3) is 3.40. The molecule has 4 heterocycles. The van der Waals surface area contributed by atoms with E-state index < -0.39 is 0 Å². The number of nitrogens with zero attached hydrogens (tertiary/aromatic N) is 5. The smallest absolute Gasteiger partial charge is 0.202 e. The van der Waals surface area contributed by atoms with Crippen LogP contribution in [0.4, 0.5) is 5.69 Å². The number of hydrogen-bond donors (Lipinski definition) is 1. The van der Waals surface area contributed by atoms with Crippen LogP contribution in [0.5, 0.6) is 5.88 Å². The van der Waals surface area contributed by atoms with Crippen molar-refractivity contribution in [2.24, 2.45) is 0 Å². The predicted octanol–water partition coefficient (Wildman–Crippen LogP) is 3.28. The highest BCUT2D eigenvalue weighted by molar-refractivity contribution is 5.96. The van der Waals surface area contributed by atoms with Crippen LogP contribution in [0.25, 0.3) is 21.8 Å². The summed E-state index contributed by atoms with van der Waals surface area (Å²) in [6.45, 7) is 4.63. The number of fused-ring (bicyclic) bond motifs is 2. The number of para-hydroxylation sites is 1. The van der Waals surface area contributed by atoms with Gasteiger partial charge in [0.1, 0.15) is 0 Å². The summed E-state index contributed by atoms with van der Waals surface area (Å²) in [5.41, 5.74) is 3.94. The number of aryl methyl sites for hydroxylation is 2. The van der Waals surface area contributed by atoms with Crippen molar-refractivity contribution >= 4 is 27.5 Å². The highest BCUT2D eigenvalue weighted by atomic mass is 16.3. The molecule has 6 heteroatoms. The second-order valence-corrected chi connectivity index (χ2v) is 7.77. The van der Waals surface area contributed by atoms with Crippen molar-refractivity contribution < 1.29 is 5.11 Å². The number of hydrogen-bond acceptors (Lipinski definition) is 5. The Labute approximate surface area is 170 Å². The summed E-state index contributed by atoms with van der Waals surface area (Å²) in [5.74, 6) is 0.294. The minimum atomic E-state index is 0.294. The molecule has 0 spiro atoms. The monoisotopic (exact) mass is 387 g/mol. The molecule has 1 aliphatic heterocycles. The molecular weight excluding hydrogens is 362 g/mol. The van der Waals surface area contributed by atoms with Gasteiger partial charge >= 0.3 is 0 Å². The average molecular weight is 387 g/mol. The molecule has 148 valence electrons. The van der Waals surface area contributed by atoms with Gasteiger partial charge in [0.05, 0.1) is 22.1 Å². The first kappa shape index (κ1) is 17.9. The van der Waals surface area contributed by atoms with Gasteiger partial charge in [-0.15, -0.1) is 0 Å². The van der Waals surface area contributed by atoms with Crippen molar-refractivity contribution in [3.8, 4) is 5.88 Å². The highest BCUT2D eigenvalue weighted by Gasteiger charge is 2.20. The van der Waals surface area contributed by atoms with E-state index in [1.807, 2.05) is 41.2 Å². The number of aromatic hydroxyl groups is 1. The van der Waals surface area contributed by atoms with Crippen molar-refractivity contribution in [1.29, 1.82) is 0 Å². The van der Waals surface area contributed by atoms with Crippen molar-refractivity contribution in [3.63, 3.8) is 0 Å². The first-order valence-electron chi connectivity index (χ1n) is 10.1. The second-order valence-electron chi connectivity index (χ2n) is 7.77. The molecule has 5 rings (SSSR count). The molecule has 0 aliphatic carbocycles. The maximum Gasteiger partial charge on any atom is 0.202 e. The van der Waals surface area contributed by atoms with Gasteiger partial charge in [-0.25, -0.2) is 0 Å². The van der Waals surface area contributed by atoms with E-state index in [-0.39, 0.29) is 0 Å². The number of piperazine rings is 1. The van der Waals surface area contributed by atoms with Crippen LogP contribution in [0, 0.1) is 0 Å². The zero-order valence-corrected chi connectivity index (χ0v) is 16.6. The Morgan fingerprint density at radius 1 is 0.966 bits per heavy atom. The van der Waals surface area contributed by atoms with E-state index in [1.54, 1.807) is 0 Å². The first-order valence-corrected chi connectivity index (χ1v) is 10.1. The molecule has 6 nitrogen and oxygen atoms in total. The topological polar surface area (TPSA) is 57.4 Å². The molecule has 1 aliphatic rings. The maximum atomic E-state index is 11.0. The van der Waals surface area contributed by atoms with Crippen molar-refractivity contribution in [1.82, 2.24) is 19.4 Å². The van der Waals surface area contributed by atoms with E-state index in [0.717, 1.165) is 65.8 Å². The van der Waals surface area contributed by atoms with Gasteiger partial charge in [0, 0.05) is 62.6 Å². The summed E-state index contributed by atoms with van der Waals surface area (Å²) in [6, 6.07) is 14.3. The SMILES string of the molecule is CN1CCN(c2ccnc3cn(CCc4ccc5ccccc5n4)c(O)c23)CC1.